The molecule has 2 aromatic carbocycles. The van der Waals surface area contributed by atoms with E-state index in [0.717, 1.165) is 84.1 Å². The maximum Gasteiger partial charge on any atom is 0.122 e. The van der Waals surface area contributed by atoms with E-state index in [-0.39, 0.29) is 12.2 Å². The van der Waals surface area contributed by atoms with Crippen molar-refractivity contribution in [1.82, 2.24) is 29.7 Å². The quantitative estimate of drug-likeness (QED) is 0.447. The fourth-order valence-corrected chi connectivity index (χ4v) is 5.86. The van der Waals surface area contributed by atoms with Gasteiger partial charge in [-0.2, -0.15) is 0 Å². The summed E-state index contributed by atoms with van der Waals surface area (Å²) in [6.07, 6.45) is 3.29. The van der Waals surface area contributed by atoms with Gasteiger partial charge >= 0.3 is 0 Å². The first kappa shape index (κ1) is 23.3. The summed E-state index contributed by atoms with van der Waals surface area (Å²) < 4.78 is 17.4. The smallest absolute Gasteiger partial charge is 0.122 e. The second-order valence-electron chi connectivity index (χ2n) is 10.4. The minimum absolute atomic E-state index is 0.151. The molecule has 8 nitrogen and oxygen atoms in total. The fraction of sp³-hybridized carbons (Fsp3) is 0.500. The maximum atomic E-state index is 6.62. The number of hydrogen-bond donors (Lipinski definition) is 2. The molecule has 2 N–H and O–H groups in total. The molecule has 0 saturated carbocycles. The van der Waals surface area contributed by atoms with Crippen molar-refractivity contribution in [1.29, 1.82) is 0 Å². The number of imidazole rings is 2. The number of benzene rings is 2. The third kappa shape index (κ3) is 4.33. The van der Waals surface area contributed by atoms with E-state index < -0.39 is 0 Å². The average Bonchev–Trinajstić information content (AvgIpc) is 3.33. The molecule has 2 aromatic heterocycles. The summed E-state index contributed by atoms with van der Waals surface area (Å²) in [7, 11) is 4.11. The van der Waals surface area contributed by atoms with Crippen molar-refractivity contribution in [3.8, 4) is 11.5 Å². The maximum absolute atomic E-state index is 6.62. The number of rotatable bonds is 5. The van der Waals surface area contributed by atoms with Gasteiger partial charge in [0.2, 0.25) is 0 Å². The molecule has 2 aliphatic heterocycles. The Morgan fingerprint density at radius 1 is 0.833 bits per heavy atom. The molecule has 0 spiro atoms. The van der Waals surface area contributed by atoms with Crippen LogP contribution in [0.15, 0.2) is 36.4 Å². The van der Waals surface area contributed by atoms with Gasteiger partial charge in [0, 0.05) is 51.2 Å². The Morgan fingerprint density at radius 2 is 1.58 bits per heavy atom. The molecule has 4 atom stereocenters. The Hall–Kier alpha value is -3.10. The molecule has 2 aliphatic rings. The molecule has 0 bridgehead atoms. The van der Waals surface area contributed by atoms with Gasteiger partial charge in [0.25, 0.3) is 0 Å². The van der Waals surface area contributed by atoms with E-state index in [1.807, 2.05) is 13.8 Å². The predicted octanol–water partition coefficient (Wildman–Crippen LogP) is 3.63. The molecule has 36 heavy (non-hydrogen) atoms. The number of aryl methyl sites for hydroxylation is 4. The first-order valence-electron chi connectivity index (χ1n) is 13.1. The van der Waals surface area contributed by atoms with E-state index in [2.05, 4.69) is 80.2 Å². The highest BCUT2D eigenvalue weighted by molar-refractivity contribution is 5.78. The van der Waals surface area contributed by atoms with Crippen LogP contribution in [0.5, 0.6) is 11.5 Å². The summed E-state index contributed by atoms with van der Waals surface area (Å²) in [5, 5.41) is 7.37. The van der Waals surface area contributed by atoms with Crippen molar-refractivity contribution >= 4 is 22.1 Å². The first-order chi connectivity index (χ1) is 17.5. The molecule has 2 saturated heterocycles. The number of ether oxygens (including phenoxy) is 2. The minimum atomic E-state index is 0.151. The van der Waals surface area contributed by atoms with Gasteiger partial charge in [0.1, 0.15) is 35.4 Å². The van der Waals surface area contributed by atoms with Crippen LogP contribution in [0.4, 0.5) is 0 Å². The lowest BCUT2D eigenvalue weighted by molar-refractivity contribution is 0.0474. The molecule has 190 valence electrons. The van der Waals surface area contributed by atoms with E-state index in [4.69, 9.17) is 9.47 Å². The van der Waals surface area contributed by atoms with Gasteiger partial charge in [-0.1, -0.05) is 0 Å². The van der Waals surface area contributed by atoms with Crippen molar-refractivity contribution in [2.45, 2.75) is 51.4 Å². The van der Waals surface area contributed by atoms with Crippen molar-refractivity contribution in [3.05, 3.63) is 48.0 Å². The number of aromatic nitrogens is 4. The van der Waals surface area contributed by atoms with Crippen LogP contribution in [0.2, 0.25) is 0 Å². The van der Waals surface area contributed by atoms with Gasteiger partial charge in [-0.3, -0.25) is 0 Å². The van der Waals surface area contributed by atoms with Crippen LogP contribution in [0, 0.1) is 19.8 Å². The minimum Gasteiger partial charge on any atom is -0.490 e. The van der Waals surface area contributed by atoms with Crippen LogP contribution >= 0.6 is 0 Å². The summed E-state index contributed by atoms with van der Waals surface area (Å²) in [5.41, 5.74) is 4.25. The fourth-order valence-electron chi connectivity index (χ4n) is 5.86. The van der Waals surface area contributed by atoms with E-state index in [0.29, 0.717) is 12.0 Å². The molecule has 4 aromatic rings. The van der Waals surface area contributed by atoms with Crippen molar-refractivity contribution in [2.75, 3.05) is 19.6 Å². The highest BCUT2D eigenvalue weighted by atomic mass is 16.5. The zero-order valence-electron chi connectivity index (χ0n) is 21.6. The van der Waals surface area contributed by atoms with E-state index in [1.54, 1.807) is 0 Å². The molecular formula is C28H36N6O2. The Kier molecular flexibility index (Phi) is 6.09. The summed E-state index contributed by atoms with van der Waals surface area (Å²) in [6.45, 7) is 6.93. The van der Waals surface area contributed by atoms with Gasteiger partial charge in [-0.15, -0.1) is 0 Å². The molecule has 0 aliphatic carbocycles. The highest BCUT2D eigenvalue weighted by Crippen LogP contribution is 2.30. The second kappa shape index (κ2) is 9.41. The summed E-state index contributed by atoms with van der Waals surface area (Å²) in [5.74, 6) is 4.22. The zero-order valence-corrected chi connectivity index (χ0v) is 21.6. The van der Waals surface area contributed by atoms with E-state index in [9.17, 15) is 0 Å². The lowest BCUT2D eigenvalue weighted by Crippen LogP contribution is -2.56. The summed E-state index contributed by atoms with van der Waals surface area (Å²) in [4.78, 5) is 9.30. The Labute approximate surface area is 212 Å². The van der Waals surface area contributed by atoms with Crippen LogP contribution in [0.1, 0.15) is 30.9 Å². The number of nitrogens with zero attached hydrogens (tertiary/aromatic N) is 4. The monoisotopic (exact) mass is 488 g/mol. The van der Waals surface area contributed by atoms with Crippen LogP contribution in [0.25, 0.3) is 22.1 Å². The summed E-state index contributed by atoms with van der Waals surface area (Å²) >= 11 is 0. The topological polar surface area (TPSA) is 78.2 Å². The standard InChI is InChI=1S/C28H36N6O2/c1-17-31-23-7-5-20(15-27(23)34(17)4)35-21-9-12-30-24(13-21)22-16-29-11-10-28(22)36-19-6-8-26-25(14-19)32-18(2)33(26)3/h5-8,14-15,21-22,24,28-30H,9-13,16H2,1-4H3. The Morgan fingerprint density at radius 3 is 2.44 bits per heavy atom. The molecule has 4 unspecified atom stereocenters. The molecule has 0 amide bonds. The SMILES string of the molecule is Cc1nc2cc(OC3CCNCC3C3CC(Oc4ccc5nc(C)n(C)c5c4)CCN3)ccc2n1C. The number of piperidine rings is 2. The molecule has 6 rings (SSSR count). The zero-order chi connectivity index (χ0) is 24.8. The van der Waals surface area contributed by atoms with Gasteiger partial charge in [0.05, 0.1) is 22.1 Å². The molecule has 2 fully saturated rings. The molecule has 4 heterocycles. The third-order valence-electron chi connectivity index (χ3n) is 8.11. The van der Waals surface area contributed by atoms with Crippen molar-refractivity contribution < 1.29 is 9.47 Å². The Balaban J connectivity index is 1.16. The van der Waals surface area contributed by atoms with E-state index >= 15 is 0 Å². The number of fused-ring (bicyclic) bond motifs is 2. The number of nitrogens with one attached hydrogen (secondary N) is 2. The first-order valence-corrected chi connectivity index (χ1v) is 13.1. The van der Waals surface area contributed by atoms with E-state index in [1.165, 1.54) is 0 Å². The molecule has 0 radical (unpaired) electrons. The van der Waals surface area contributed by atoms with Crippen molar-refractivity contribution in [3.63, 3.8) is 0 Å². The van der Waals surface area contributed by atoms with Crippen LogP contribution in [-0.2, 0) is 14.1 Å². The van der Waals surface area contributed by atoms with Crippen LogP contribution in [0.3, 0.4) is 0 Å². The molecular weight excluding hydrogens is 452 g/mol. The van der Waals surface area contributed by atoms with Crippen molar-refractivity contribution in [2.24, 2.45) is 20.0 Å². The Bertz CT molecular complexity index is 1390. The summed E-state index contributed by atoms with van der Waals surface area (Å²) in [6, 6.07) is 12.8. The van der Waals surface area contributed by atoms with Crippen LogP contribution < -0.4 is 20.1 Å². The average molecular weight is 489 g/mol. The van der Waals surface area contributed by atoms with Gasteiger partial charge in [-0.25, -0.2) is 9.97 Å². The normalized spacial score (nSPS) is 24.9. The third-order valence-corrected chi connectivity index (χ3v) is 8.11. The predicted molar refractivity (Wildman–Crippen MR) is 142 cm³/mol. The second-order valence-corrected chi connectivity index (χ2v) is 10.4. The number of hydrogen-bond acceptors (Lipinski definition) is 6. The lowest BCUT2D eigenvalue weighted by atomic mass is 9.83. The van der Waals surface area contributed by atoms with Gasteiger partial charge in [-0.05, 0) is 64.0 Å². The van der Waals surface area contributed by atoms with Crippen LogP contribution in [-0.4, -0.2) is 57.0 Å². The lowest BCUT2D eigenvalue weighted by Gasteiger charge is -2.41. The van der Waals surface area contributed by atoms with Gasteiger partial charge < -0.3 is 29.2 Å². The largest absolute Gasteiger partial charge is 0.490 e. The van der Waals surface area contributed by atoms with Gasteiger partial charge in [0.15, 0.2) is 0 Å². The molecule has 8 heteroatoms. The highest BCUT2D eigenvalue weighted by Gasteiger charge is 2.37.